The van der Waals surface area contributed by atoms with E-state index < -0.39 is 41.2 Å². The van der Waals surface area contributed by atoms with Crippen LogP contribution in [0.4, 0.5) is 24.7 Å². The van der Waals surface area contributed by atoms with E-state index in [1.807, 2.05) is 79.7 Å². The summed E-state index contributed by atoms with van der Waals surface area (Å²) in [6.45, 7) is 5.68. The second-order valence-corrected chi connectivity index (χ2v) is 21.3. The molecule has 1 saturated heterocycles. The van der Waals surface area contributed by atoms with Gasteiger partial charge in [0.05, 0.1) is 16.3 Å². The van der Waals surface area contributed by atoms with Crippen LogP contribution in [0.1, 0.15) is 49.0 Å². The normalized spacial score (nSPS) is 16.7. The average molecular weight is 943 g/mol. The van der Waals surface area contributed by atoms with E-state index in [2.05, 4.69) is 54.9 Å². The van der Waals surface area contributed by atoms with E-state index in [1.54, 1.807) is 0 Å². The van der Waals surface area contributed by atoms with Crippen molar-refractivity contribution >= 4 is 54.7 Å². The smallest absolute Gasteiger partial charge is 0.380 e. The lowest BCUT2D eigenvalue weighted by molar-refractivity contribution is -0.0435. The molecular weight excluding hydrogens is 891 g/mol. The first-order valence-electron chi connectivity index (χ1n) is 20.7. The van der Waals surface area contributed by atoms with Gasteiger partial charge < -0.3 is 10.2 Å². The number of fused-ring (bicyclic) bond motifs is 1. The van der Waals surface area contributed by atoms with Crippen molar-refractivity contribution in [2.24, 2.45) is 0 Å². The molecule has 0 radical (unpaired) electrons. The van der Waals surface area contributed by atoms with Gasteiger partial charge in [0, 0.05) is 65.5 Å². The third-order valence-corrected chi connectivity index (χ3v) is 16.0. The van der Waals surface area contributed by atoms with Gasteiger partial charge in [0.2, 0.25) is 0 Å². The minimum atomic E-state index is -5.99. The Kier molecular flexibility index (Phi) is 14.8. The molecule has 2 N–H and O–H groups in total. The Morgan fingerprint density at radius 3 is 2.30 bits per heavy atom. The fourth-order valence-electron chi connectivity index (χ4n) is 8.23. The third kappa shape index (κ3) is 11.2. The first kappa shape index (κ1) is 46.8. The van der Waals surface area contributed by atoms with E-state index in [4.69, 9.17) is 11.6 Å². The van der Waals surface area contributed by atoms with Crippen molar-refractivity contribution < 1.29 is 30.0 Å². The van der Waals surface area contributed by atoms with Crippen LogP contribution in [-0.4, -0.2) is 105 Å². The van der Waals surface area contributed by atoms with Gasteiger partial charge in [-0.05, 0) is 112 Å². The fraction of sp³-hybridized carbons (Fsp3) is 0.378. The Bertz CT molecular complexity index is 2580. The van der Waals surface area contributed by atoms with Crippen LogP contribution in [-0.2, 0) is 32.8 Å². The van der Waals surface area contributed by atoms with Crippen molar-refractivity contribution in [1.29, 1.82) is 0 Å². The summed E-state index contributed by atoms with van der Waals surface area (Å²) in [5, 5.41) is 3.70. The molecule has 2 atom stereocenters. The van der Waals surface area contributed by atoms with E-state index >= 15 is 0 Å². The van der Waals surface area contributed by atoms with Gasteiger partial charge in [-0.3, -0.25) is 14.5 Å². The van der Waals surface area contributed by atoms with Crippen LogP contribution >= 0.6 is 23.4 Å². The molecule has 11 nitrogen and oxygen atoms in total. The molecule has 7 rings (SSSR count). The molecule has 4 aromatic carbocycles. The molecule has 63 heavy (non-hydrogen) atoms. The lowest BCUT2D eigenvalue weighted by Gasteiger charge is -2.42. The summed E-state index contributed by atoms with van der Waals surface area (Å²) >= 11 is 7.63. The lowest BCUT2D eigenvalue weighted by atomic mass is 9.92. The minimum Gasteiger partial charge on any atom is -0.380 e. The molecule has 0 unspecified atom stereocenters. The summed E-state index contributed by atoms with van der Waals surface area (Å²) in [7, 11) is -6.89. The second-order valence-electron chi connectivity index (χ2n) is 16.2. The number of nitrogens with one attached hydrogen (secondary N) is 2. The maximum absolute atomic E-state index is 14.2. The van der Waals surface area contributed by atoms with Crippen molar-refractivity contribution in [2.75, 3.05) is 56.1 Å². The number of alkyl halides is 3. The highest BCUT2D eigenvalue weighted by molar-refractivity contribution is 7.99. The number of sulfonamides is 1. The molecular formula is C45H51ClF3N7O4S3. The fourth-order valence-corrected chi connectivity index (χ4v) is 11.4. The standard InChI is InChI=1S/C45H51ClF3N7O4S3/c1-31(38-11-7-8-12-39(38)32-13-15-33(46)16-14-32)55-24-20-35(21-25-55)56-26-22-40-42(28-56)50-30-51-44(40)53-63(59,60)37-17-18-41(43(27-37)62(57,58)45(47,48)49)52-34(19-23-54(2)3)29-61-36-9-5-4-6-10-36/h4-18,27,30-31,34-35,52H,19-26,28-29H2,1-3H3,(H,50,51,53)/t31-,34+/m0/s1. The molecule has 2 aliphatic heterocycles. The molecule has 0 spiro atoms. The molecule has 336 valence electrons. The number of hydrogen-bond donors (Lipinski definition) is 2. The molecule has 0 amide bonds. The average Bonchev–Trinajstić information content (AvgIpc) is 3.27. The summed E-state index contributed by atoms with van der Waals surface area (Å²) < 4.78 is 98.9. The SMILES string of the molecule is C[C@@H](c1ccccc1-c1ccc(Cl)cc1)N1CCC(N2CCc3c(ncnc3NS(=O)(=O)c3ccc(N[C@H](CCN(C)C)CSc4ccccc4)c(S(=O)(=O)C(F)(F)F)c3)C2)CC1. The molecule has 3 heterocycles. The minimum absolute atomic E-state index is 0.00626. The molecule has 0 bridgehead atoms. The largest absolute Gasteiger partial charge is 0.501 e. The Hall–Kier alpha value is -4.23. The zero-order valence-corrected chi connectivity index (χ0v) is 38.4. The monoisotopic (exact) mass is 941 g/mol. The van der Waals surface area contributed by atoms with E-state index in [1.165, 1.54) is 29.2 Å². The van der Waals surface area contributed by atoms with Gasteiger partial charge in [-0.15, -0.1) is 11.8 Å². The van der Waals surface area contributed by atoms with Crippen molar-refractivity contribution in [3.05, 3.63) is 125 Å². The predicted octanol–water partition coefficient (Wildman–Crippen LogP) is 9.00. The topological polar surface area (TPSA) is 128 Å². The van der Waals surface area contributed by atoms with Crippen LogP contribution in [0.3, 0.4) is 0 Å². The highest BCUT2D eigenvalue weighted by Crippen LogP contribution is 2.38. The van der Waals surface area contributed by atoms with E-state index in [-0.39, 0.29) is 23.6 Å². The quantitative estimate of drug-likeness (QED) is 0.0921. The summed E-state index contributed by atoms with van der Waals surface area (Å²) in [6, 6.07) is 28.5. The number of piperidine rings is 1. The van der Waals surface area contributed by atoms with Gasteiger partial charge >= 0.3 is 5.51 Å². The highest BCUT2D eigenvalue weighted by Gasteiger charge is 2.48. The van der Waals surface area contributed by atoms with E-state index in [0.29, 0.717) is 60.6 Å². The van der Waals surface area contributed by atoms with Gasteiger partial charge in [-0.2, -0.15) is 13.2 Å². The highest BCUT2D eigenvalue weighted by atomic mass is 35.5. The molecule has 18 heteroatoms. The van der Waals surface area contributed by atoms with E-state index in [0.717, 1.165) is 48.5 Å². The predicted molar refractivity (Wildman–Crippen MR) is 244 cm³/mol. The molecule has 5 aromatic rings. The van der Waals surface area contributed by atoms with Crippen molar-refractivity contribution in [2.45, 2.75) is 77.5 Å². The number of hydrogen-bond acceptors (Lipinski definition) is 11. The third-order valence-electron chi connectivity index (χ3n) is 11.7. The van der Waals surface area contributed by atoms with Gasteiger partial charge in [0.1, 0.15) is 17.0 Å². The maximum atomic E-state index is 14.2. The van der Waals surface area contributed by atoms with Gasteiger partial charge in [-0.1, -0.05) is 66.2 Å². The van der Waals surface area contributed by atoms with Gasteiger partial charge in [-0.25, -0.2) is 26.8 Å². The zero-order chi connectivity index (χ0) is 44.9. The Balaban J connectivity index is 1.05. The zero-order valence-electron chi connectivity index (χ0n) is 35.2. The number of halogens is 4. The number of thioether (sulfide) groups is 1. The second kappa shape index (κ2) is 19.9. The molecule has 0 saturated carbocycles. The Labute approximate surface area is 377 Å². The Morgan fingerprint density at radius 2 is 1.60 bits per heavy atom. The van der Waals surface area contributed by atoms with Crippen LogP contribution in [0.25, 0.3) is 11.1 Å². The van der Waals surface area contributed by atoms with Crippen LogP contribution < -0.4 is 10.0 Å². The Morgan fingerprint density at radius 1 is 0.905 bits per heavy atom. The number of likely N-dealkylation sites (tertiary alicyclic amines) is 1. The first-order chi connectivity index (χ1) is 30.0. The van der Waals surface area contributed by atoms with Crippen LogP contribution in [0.2, 0.25) is 5.02 Å². The molecule has 2 aliphatic rings. The summed E-state index contributed by atoms with van der Waals surface area (Å²) in [6.07, 6.45) is 4.03. The maximum Gasteiger partial charge on any atom is 0.501 e. The van der Waals surface area contributed by atoms with Crippen LogP contribution in [0.5, 0.6) is 0 Å². The first-order valence-corrected chi connectivity index (χ1v) is 25.1. The number of anilines is 2. The number of nitrogens with zero attached hydrogens (tertiary/aromatic N) is 5. The number of benzene rings is 4. The van der Waals surface area contributed by atoms with Crippen LogP contribution in [0.15, 0.2) is 118 Å². The lowest BCUT2D eigenvalue weighted by Crippen LogP contribution is -2.47. The van der Waals surface area contributed by atoms with Crippen molar-refractivity contribution in [3.8, 4) is 11.1 Å². The van der Waals surface area contributed by atoms with Crippen molar-refractivity contribution in [3.63, 3.8) is 0 Å². The molecule has 1 aromatic heterocycles. The van der Waals surface area contributed by atoms with Gasteiger partial charge in [0.15, 0.2) is 0 Å². The van der Waals surface area contributed by atoms with Crippen LogP contribution in [0, 0.1) is 0 Å². The number of aromatic nitrogens is 2. The van der Waals surface area contributed by atoms with Crippen molar-refractivity contribution in [1.82, 2.24) is 24.7 Å². The van der Waals surface area contributed by atoms with E-state index in [9.17, 15) is 30.0 Å². The summed E-state index contributed by atoms with van der Waals surface area (Å²) in [4.78, 5) is 14.6. The number of sulfone groups is 1. The summed E-state index contributed by atoms with van der Waals surface area (Å²) in [5.74, 6) is 0.410. The summed E-state index contributed by atoms with van der Waals surface area (Å²) in [5.41, 5.74) is -1.25. The molecule has 1 fully saturated rings. The number of rotatable bonds is 16. The van der Waals surface area contributed by atoms with Gasteiger partial charge in [0.25, 0.3) is 19.9 Å². The molecule has 0 aliphatic carbocycles.